The minimum atomic E-state index is -0.521. The summed E-state index contributed by atoms with van der Waals surface area (Å²) in [5.74, 6) is 1.38. The Labute approximate surface area is 114 Å². The number of nitrogens with two attached hydrogens (primary N) is 1. The number of hydrogen-bond donors (Lipinski definition) is 2. The zero-order chi connectivity index (χ0) is 14.4. The van der Waals surface area contributed by atoms with E-state index >= 15 is 0 Å². The molecule has 3 N–H and O–H groups in total. The Morgan fingerprint density at radius 1 is 1.32 bits per heavy atom. The maximum atomic E-state index is 11.9. The Kier molecular flexibility index (Phi) is 5.63. The third-order valence-electron chi connectivity index (χ3n) is 2.73. The molecule has 1 atom stereocenters. The molecule has 1 amide bonds. The Morgan fingerprint density at radius 3 is 2.53 bits per heavy atom. The van der Waals surface area contributed by atoms with Gasteiger partial charge in [-0.05, 0) is 24.5 Å². The fourth-order valence-electron chi connectivity index (χ4n) is 1.74. The Bertz CT molecular complexity index is 433. The molecule has 5 heteroatoms. The molecular weight excluding hydrogens is 244 g/mol. The van der Waals surface area contributed by atoms with Gasteiger partial charge in [0.25, 0.3) is 0 Å². The van der Waals surface area contributed by atoms with Crippen LogP contribution in [0, 0.1) is 5.92 Å². The molecule has 0 aliphatic rings. The van der Waals surface area contributed by atoms with Gasteiger partial charge in [-0.2, -0.15) is 0 Å². The summed E-state index contributed by atoms with van der Waals surface area (Å²) >= 11 is 0. The van der Waals surface area contributed by atoms with Gasteiger partial charge in [0.15, 0.2) is 0 Å². The highest BCUT2D eigenvalue weighted by atomic mass is 16.5. The zero-order valence-electron chi connectivity index (χ0n) is 11.9. The van der Waals surface area contributed by atoms with Crippen LogP contribution >= 0.6 is 0 Å². The first-order valence-corrected chi connectivity index (χ1v) is 6.26. The third kappa shape index (κ3) is 4.44. The highest BCUT2D eigenvalue weighted by molar-refractivity contribution is 5.96. The van der Waals surface area contributed by atoms with Gasteiger partial charge in [-0.3, -0.25) is 4.79 Å². The number of benzene rings is 1. The molecule has 0 bridgehead atoms. The largest absolute Gasteiger partial charge is 0.497 e. The number of methoxy groups -OCH3 is 2. The second kappa shape index (κ2) is 6.99. The lowest BCUT2D eigenvalue weighted by molar-refractivity contribution is -0.117. The lowest BCUT2D eigenvalue weighted by Crippen LogP contribution is -2.36. The van der Waals surface area contributed by atoms with Crippen molar-refractivity contribution >= 4 is 11.6 Å². The smallest absolute Gasteiger partial charge is 0.241 e. The normalized spacial score (nSPS) is 12.1. The average Bonchev–Trinajstić information content (AvgIpc) is 2.38. The fraction of sp³-hybridized carbons (Fsp3) is 0.500. The summed E-state index contributed by atoms with van der Waals surface area (Å²) in [6, 6.07) is 4.68. The quantitative estimate of drug-likeness (QED) is 0.826. The second-order valence-corrected chi connectivity index (χ2v) is 4.79. The monoisotopic (exact) mass is 266 g/mol. The molecule has 0 radical (unpaired) electrons. The number of nitrogens with one attached hydrogen (secondary N) is 1. The van der Waals surface area contributed by atoms with Gasteiger partial charge in [0.2, 0.25) is 5.91 Å². The maximum Gasteiger partial charge on any atom is 0.241 e. The summed E-state index contributed by atoms with van der Waals surface area (Å²) in [5, 5.41) is 2.77. The molecule has 1 aromatic carbocycles. The zero-order valence-corrected chi connectivity index (χ0v) is 11.9. The van der Waals surface area contributed by atoms with Crippen LogP contribution in [0.4, 0.5) is 5.69 Å². The van der Waals surface area contributed by atoms with Crippen LogP contribution < -0.4 is 20.5 Å². The number of amides is 1. The summed E-state index contributed by atoms with van der Waals surface area (Å²) in [6.45, 7) is 4.06. The molecule has 0 aliphatic carbocycles. The molecule has 19 heavy (non-hydrogen) atoms. The number of ether oxygens (including phenoxy) is 2. The summed E-state index contributed by atoms with van der Waals surface area (Å²) < 4.78 is 10.3. The van der Waals surface area contributed by atoms with Crippen molar-refractivity contribution in [3.63, 3.8) is 0 Å². The number of anilines is 1. The van der Waals surface area contributed by atoms with Gasteiger partial charge >= 0.3 is 0 Å². The fourth-order valence-corrected chi connectivity index (χ4v) is 1.74. The van der Waals surface area contributed by atoms with Gasteiger partial charge < -0.3 is 20.5 Å². The highest BCUT2D eigenvalue weighted by Gasteiger charge is 2.16. The van der Waals surface area contributed by atoms with E-state index < -0.39 is 6.04 Å². The van der Waals surface area contributed by atoms with Crippen LogP contribution in [0.25, 0.3) is 0 Å². The van der Waals surface area contributed by atoms with E-state index in [9.17, 15) is 4.79 Å². The first-order chi connectivity index (χ1) is 8.97. The molecule has 0 spiro atoms. The molecule has 5 nitrogen and oxygen atoms in total. The van der Waals surface area contributed by atoms with Crippen molar-refractivity contribution in [3.8, 4) is 11.5 Å². The maximum absolute atomic E-state index is 11.9. The minimum Gasteiger partial charge on any atom is -0.497 e. The van der Waals surface area contributed by atoms with Crippen LogP contribution in [0.2, 0.25) is 0 Å². The van der Waals surface area contributed by atoms with E-state index in [0.717, 1.165) is 0 Å². The number of carbonyl (C=O) groups is 1. The lowest BCUT2D eigenvalue weighted by Gasteiger charge is -2.16. The molecule has 106 valence electrons. The van der Waals surface area contributed by atoms with Crippen molar-refractivity contribution < 1.29 is 14.3 Å². The number of carbonyl (C=O) groups excluding carboxylic acids is 1. The van der Waals surface area contributed by atoms with Crippen LogP contribution in [0.15, 0.2) is 18.2 Å². The SMILES string of the molecule is COc1ccc(NC(=O)[C@@H](N)CC(C)C)c(OC)c1. The summed E-state index contributed by atoms with van der Waals surface area (Å²) in [4.78, 5) is 11.9. The first-order valence-electron chi connectivity index (χ1n) is 6.26. The molecule has 0 saturated carbocycles. The molecule has 0 heterocycles. The number of hydrogen-bond acceptors (Lipinski definition) is 4. The topological polar surface area (TPSA) is 73.6 Å². The molecule has 0 saturated heterocycles. The second-order valence-electron chi connectivity index (χ2n) is 4.79. The van der Waals surface area contributed by atoms with Gasteiger partial charge in [-0.1, -0.05) is 13.8 Å². The Morgan fingerprint density at radius 2 is 2.00 bits per heavy atom. The van der Waals surface area contributed by atoms with E-state index in [1.165, 1.54) is 0 Å². The Balaban J connectivity index is 2.78. The van der Waals surface area contributed by atoms with Gasteiger partial charge in [0.05, 0.1) is 25.9 Å². The molecule has 0 aromatic heterocycles. The van der Waals surface area contributed by atoms with Gasteiger partial charge in [-0.15, -0.1) is 0 Å². The highest BCUT2D eigenvalue weighted by Crippen LogP contribution is 2.29. The van der Waals surface area contributed by atoms with Crippen molar-refractivity contribution in [1.29, 1.82) is 0 Å². The predicted octanol–water partition coefficient (Wildman–Crippen LogP) is 2.02. The summed E-state index contributed by atoms with van der Waals surface area (Å²) in [6.07, 6.45) is 0.643. The van der Waals surface area contributed by atoms with Crippen LogP contribution in [-0.2, 0) is 4.79 Å². The Hall–Kier alpha value is -1.75. The van der Waals surface area contributed by atoms with E-state index in [4.69, 9.17) is 15.2 Å². The summed E-state index contributed by atoms with van der Waals surface area (Å²) in [7, 11) is 3.12. The minimum absolute atomic E-state index is 0.211. The lowest BCUT2D eigenvalue weighted by atomic mass is 10.0. The van der Waals surface area contributed by atoms with Crippen molar-refractivity contribution in [2.24, 2.45) is 11.7 Å². The van der Waals surface area contributed by atoms with E-state index in [1.54, 1.807) is 32.4 Å². The van der Waals surface area contributed by atoms with Crippen molar-refractivity contribution in [1.82, 2.24) is 0 Å². The molecule has 0 unspecified atom stereocenters. The molecular formula is C14H22N2O3. The molecule has 0 fully saturated rings. The van der Waals surface area contributed by atoms with E-state index in [0.29, 0.717) is 29.5 Å². The van der Waals surface area contributed by atoms with Gasteiger partial charge in [-0.25, -0.2) is 0 Å². The van der Waals surface area contributed by atoms with E-state index in [1.807, 2.05) is 13.8 Å². The predicted molar refractivity (Wildman–Crippen MR) is 75.6 cm³/mol. The van der Waals surface area contributed by atoms with Crippen LogP contribution in [-0.4, -0.2) is 26.2 Å². The van der Waals surface area contributed by atoms with Crippen LogP contribution in [0.5, 0.6) is 11.5 Å². The van der Waals surface area contributed by atoms with Gasteiger partial charge in [0.1, 0.15) is 11.5 Å². The van der Waals surface area contributed by atoms with Crippen LogP contribution in [0.1, 0.15) is 20.3 Å². The van der Waals surface area contributed by atoms with E-state index in [-0.39, 0.29) is 5.91 Å². The molecule has 1 aromatic rings. The molecule has 1 rings (SSSR count). The van der Waals surface area contributed by atoms with Crippen LogP contribution in [0.3, 0.4) is 0 Å². The van der Waals surface area contributed by atoms with Gasteiger partial charge in [0, 0.05) is 6.07 Å². The van der Waals surface area contributed by atoms with E-state index in [2.05, 4.69) is 5.32 Å². The summed E-state index contributed by atoms with van der Waals surface area (Å²) in [5.41, 5.74) is 6.43. The van der Waals surface area contributed by atoms with Crippen molar-refractivity contribution in [2.75, 3.05) is 19.5 Å². The van der Waals surface area contributed by atoms with Crippen molar-refractivity contribution in [2.45, 2.75) is 26.3 Å². The first kappa shape index (κ1) is 15.3. The average molecular weight is 266 g/mol. The number of rotatable bonds is 6. The third-order valence-corrected chi connectivity index (χ3v) is 2.73. The molecule has 0 aliphatic heterocycles. The van der Waals surface area contributed by atoms with Crippen molar-refractivity contribution in [3.05, 3.63) is 18.2 Å². The standard InChI is InChI=1S/C14H22N2O3/c1-9(2)7-11(15)14(17)16-12-6-5-10(18-3)8-13(12)19-4/h5-6,8-9,11H,7,15H2,1-4H3,(H,16,17)/t11-/m0/s1.